The monoisotopic (exact) mass is 294 g/mol. The largest absolute Gasteiger partial charge is 0.493 e. The Bertz CT molecular complexity index is 576. The zero-order valence-electron chi connectivity index (χ0n) is 11.9. The van der Waals surface area contributed by atoms with Gasteiger partial charge in [-0.2, -0.15) is 5.10 Å². The maximum atomic E-state index is 11.0. The third-order valence-corrected chi connectivity index (χ3v) is 3.58. The molecule has 0 fully saturated rings. The van der Waals surface area contributed by atoms with Crippen molar-refractivity contribution in [3.05, 3.63) is 46.7 Å². The normalized spacial score (nSPS) is 14.1. The van der Waals surface area contributed by atoms with Gasteiger partial charge in [0.15, 0.2) is 5.75 Å². The van der Waals surface area contributed by atoms with Gasteiger partial charge in [-0.25, -0.2) is 0 Å². The van der Waals surface area contributed by atoms with E-state index in [0.717, 1.165) is 18.5 Å². The lowest BCUT2D eigenvalue weighted by Gasteiger charge is -2.26. The average molecular weight is 295 g/mol. The molecule has 108 valence electrons. The first-order valence-electron chi connectivity index (χ1n) is 6.59. The van der Waals surface area contributed by atoms with Crippen molar-refractivity contribution in [3.8, 4) is 5.75 Å². The Morgan fingerprint density at radius 2 is 2.00 bits per heavy atom. The van der Waals surface area contributed by atoms with Crippen LogP contribution in [0.3, 0.4) is 0 Å². The highest BCUT2D eigenvalue weighted by Crippen LogP contribution is 2.35. The molecule has 20 heavy (non-hydrogen) atoms. The summed E-state index contributed by atoms with van der Waals surface area (Å²) >= 11 is 5.90. The number of hydrogen-bond acceptors (Lipinski definition) is 3. The Balaban J connectivity index is 2.52. The maximum Gasteiger partial charge on any atom is 0.163 e. The molecule has 0 aliphatic carbocycles. The van der Waals surface area contributed by atoms with Crippen LogP contribution in [-0.4, -0.2) is 22.0 Å². The van der Waals surface area contributed by atoms with E-state index >= 15 is 0 Å². The highest BCUT2D eigenvalue weighted by molar-refractivity contribution is 6.30. The summed E-state index contributed by atoms with van der Waals surface area (Å²) in [5.41, 5.74) is 0.212. The highest BCUT2D eigenvalue weighted by Gasteiger charge is 2.33. The number of ether oxygens (including phenoxy) is 1. The summed E-state index contributed by atoms with van der Waals surface area (Å²) in [7, 11) is 1.58. The van der Waals surface area contributed by atoms with Gasteiger partial charge in [-0.1, -0.05) is 30.7 Å². The minimum absolute atomic E-state index is 0.582. The zero-order valence-corrected chi connectivity index (χ0v) is 12.7. The molecule has 4 nitrogen and oxygen atoms in total. The Morgan fingerprint density at radius 1 is 1.35 bits per heavy atom. The van der Waals surface area contributed by atoms with Gasteiger partial charge in [-0.15, -0.1) is 0 Å². The van der Waals surface area contributed by atoms with Crippen LogP contribution in [0.25, 0.3) is 0 Å². The second-order valence-corrected chi connectivity index (χ2v) is 5.30. The first-order valence-corrected chi connectivity index (χ1v) is 6.97. The summed E-state index contributed by atoms with van der Waals surface area (Å²) < 4.78 is 7.12. The summed E-state index contributed by atoms with van der Waals surface area (Å²) in [5, 5.41) is 15.9. The first kappa shape index (κ1) is 14.9. The summed E-state index contributed by atoms with van der Waals surface area (Å²) in [6, 6.07) is 7.15. The number of aliphatic hydroxyl groups is 1. The molecule has 1 aromatic heterocycles. The van der Waals surface area contributed by atoms with Crippen LogP contribution in [0.2, 0.25) is 5.02 Å². The van der Waals surface area contributed by atoms with Crippen molar-refractivity contribution in [3.63, 3.8) is 0 Å². The molecule has 1 atom stereocenters. The zero-order chi connectivity index (χ0) is 14.8. The standard InChI is InChI=1S/C15H19ClN2O2/c1-4-9-18-14(13(20-3)10-17-18)15(2,19)11-5-7-12(16)8-6-11/h5-8,10,19H,4,9H2,1-3H3. The lowest BCUT2D eigenvalue weighted by atomic mass is 9.92. The first-order chi connectivity index (χ1) is 9.50. The van der Waals surface area contributed by atoms with Crippen molar-refractivity contribution in [1.29, 1.82) is 0 Å². The molecule has 1 unspecified atom stereocenters. The van der Waals surface area contributed by atoms with E-state index in [1.54, 1.807) is 37.0 Å². The second kappa shape index (κ2) is 5.85. The molecular weight excluding hydrogens is 276 g/mol. The van der Waals surface area contributed by atoms with Gasteiger partial charge in [0.05, 0.1) is 13.3 Å². The Kier molecular flexibility index (Phi) is 4.35. The molecule has 0 saturated heterocycles. The van der Waals surface area contributed by atoms with Crippen molar-refractivity contribution < 1.29 is 9.84 Å². The molecule has 0 aliphatic rings. The molecule has 0 saturated carbocycles. The number of aromatic nitrogens is 2. The fraction of sp³-hybridized carbons (Fsp3) is 0.400. The van der Waals surface area contributed by atoms with Crippen molar-refractivity contribution in [2.75, 3.05) is 7.11 Å². The topological polar surface area (TPSA) is 47.3 Å². The molecule has 5 heteroatoms. The number of rotatable bonds is 5. The third-order valence-electron chi connectivity index (χ3n) is 3.33. The van der Waals surface area contributed by atoms with Crippen LogP contribution in [0.1, 0.15) is 31.5 Å². The highest BCUT2D eigenvalue weighted by atomic mass is 35.5. The fourth-order valence-electron chi connectivity index (χ4n) is 2.30. The lowest BCUT2D eigenvalue weighted by Crippen LogP contribution is -2.27. The number of aryl methyl sites for hydroxylation is 1. The number of methoxy groups -OCH3 is 1. The molecule has 1 aromatic carbocycles. The van der Waals surface area contributed by atoms with E-state index in [9.17, 15) is 5.11 Å². The van der Waals surface area contributed by atoms with Crippen LogP contribution in [0, 0.1) is 0 Å². The lowest BCUT2D eigenvalue weighted by molar-refractivity contribution is 0.0882. The van der Waals surface area contributed by atoms with Crippen LogP contribution in [0.5, 0.6) is 5.75 Å². The van der Waals surface area contributed by atoms with E-state index in [1.165, 1.54) is 0 Å². The minimum atomic E-state index is -1.19. The maximum absolute atomic E-state index is 11.0. The van der Waals surface area contributed by atoms with Crippen LogP contribution in [0.15, 0.2) is 30.5 Å². The van der Waals surface area contributed by atoms with Gasteiger partial charge in [0.1, 0.15) is 11.3 Å². The van der Waals surface area contributed by atoms with E-state index in [2.05, 4.69) is 12.0 Å². The van der Waals surface area contributed by atoms with Crippen LogP contribution >= 0.6 is 11.6 Å². The van der Waals surface area contributed by atoms with Crippen molar-refractivity contribution in [2.24, 2.45) is 0 Å². The minimum Gasteiger partial charge on any atom is -0.493 e. The molecule has 0 bridgehead atoms. The third kappa shape index (κ3) is 2.67. The van der Waals surface area contributed by atoms with Crippen molar-refractivity contribution in [2.45, 2.75) is 32.4 Å². The Hall–Kier alpha value is -1.52. The van der Waals surface area contributed by atoms with Crippen LogP contribution in [-0.2, 0) is 12.1 Å². The van der Waals surface area contributed by atoms with Crippen LogP contribution < -0.4 is 4.74 Å². The van der Waals surface area contributed by atoms with Gasteiger partial charge in [0.25, 0.3) is 0 Å². The molecule has 2 rings (SSSR count). The molecule has 0 spiro atoms. The van der Waals surface area contributed by atoms with Gasteiger partial charge in [-0.3, -0.25) is 4.68 Å². The predicted molar refractivity (Wildman–Crippen MR) is 79.2 cm³/mol. The van der Waals surface area contributed by atoms with E-state index in [0.29, 0.717) is 16.5 Å². The van der Waals surface area contributed by atoms with Gasteiger partial charge < -0.3 is 9.84 Å². The fourth-order valence-corrected chi connectivity index (χ4v) is 2.43. The quantitative estimate of drug-likeness (QED) is 0.921. The Morgan fingerprint density at radius 3 is 2.55 bits per heavy atom. The predicted octanol–water partition coefficient (Wildman–Crippen LogP) is 3.21. The summed E-state index contributed by atoms with van der Waals surface area (Å²) in [6.07, 6.45) is 2.56. The van der Waals surface area contributed by atoms with Crippen molar-refractivity contribution in [1.82, 2.24) is 9.78 Å². The molecule has 2 aromatic rings. The van der Waals surface area contributed by atoms with E-state index in [1.807, 2.05) is 12.1 Å². The van der Waals surface area contributed by atoms with E-state index < -0.39 is 5.60 Å². The number of halogens is 1. The van der Waals surface area contributed by atoms with E-state index in [4.69, 9.17) is 16.3 Å². The number of benzene rings is 1. The second-order valence-electron chi connectivity index (χ2n) is 4.86. The molecule has 0 amide bonds. The smallest absolute Gasteiger partial charge is 0.163 e. The van der Waals surface area contributed by atoms with Crippen molar-refractivity contribution >= 4 is 11.6 Å². The SMILES string of the molecule is CCCn1ncc(OC)c1C(C)(O)c1ccc(Cl)cc1. The summed E-state index contributed by atoms with van der Waals surface area (Å²) in [4.78, 5) is 0. The van der Waals surface area contributed by atoms with Gasteiger partial charge in [0.2, 0.25) is 0 Å². The van der Waals surface area contributed by atoms with Crippen LogP contribution in [0.4, 0.5) is 0 Å². The molecule has 0 aliphatic heterocycles. The van der Waals surface area contributed by atoms with E-state index in [-0.39, 0.29) is 0 Å². The number of nitrogens with zero attached hydrogens (tertiary/aromatic N) is 2. The summed E-state index contributed by atoms with van der Waals surface area (Å²) in [6.45, 7) is 4.53. The molecule has 0 radical (unpaired) electrons. The van der Waals surface area contributed by atoms with Gasteiger partial charge in [0, 0.05) is 11.6 Å². The molecule has 1 heterocycles. The molecule has 1 N–H and O–H groups in total. The Labute approximate surface area is 123 Å². The van der Waals surface area contributed by atoms with Gasteiger partial charge >= 0.3 is 0 Å². The molecular formula is C15H19ClN2O2. The van der Waals surface area contributed by atoms with Gasteiger partial charge in [-0.05, 0) is 31.0 Å². The average Bonchev–Trinajstić information content (AvgIpc) is 2.83. The number of hydrogen-bond donors (Lipinski definition) is 1. The summed E-state index contributed by atoms with van der Waals surface area (Å²) in [5.74, 6) is 0.582.